The van der Waals surface area contributed by atoms with Gasteiger partial charge in [0.2, 0.25) is 5.91 Å². The number of para-hydroxylation sites is 2. The number of amides is 2. The molecular weight excluding hydrogens is 556 g/mol. The molecule has 0 bridgehead atoms. The molecule has 0 aromatic heterocycles. The third kappa shape index (κ3) is 6.56. The average molecular weight is 585 g/mol. The molecule has 1 aliphatic rings. The van der Waals surface area contributed by atoms with Crippen molar-refractivity contribution in [2.24, 2.45) is 0 Å². The van der Waals surface area contributed by atoms with Crippen molar-refractivity contribution in [3.05, 3.63) is 106 Å². The molecule has 1 aliphatic heterocycles. The highest BCUT2D eigenvalue weighted by Crippen LogP contribution is 2.43. The number of hydrogen-bond acceptors (Lipinski definition) is 9. The molecular formula is C31H28N4O6S. The number of methoxy groups -OCH3 is 2. The van der Waals surface area contributed by atoms with Gasteiger partial charge in [0.15, 0.2) is 11.5 Å². The van der Waals surface area contributed by atoms with E-state index < -0.39 is 23.7 Å². The van der Waals surface area contributed by atoms with E-state index in [4.69, 9.17) is 9.47 Å². The number of nitrogens with one attached hydrogen (secondary N) is 3. The maximum Gasteiger partial charge on any atom is 0.339 e. The first-order valence-corrected chi connectivity index (χ1v) is 13.7. The molecule has 0 saturated heterocycles. The molecule has 1 heterocycles. The summed E-state index contributed by atoms with van der Waals surface area (Å²) in [6.45, 7) is 1.71. The summed E-state index contributed by atoms with van der Waals surface area (Å²) in [5.41, 5.74) is 2.61. The Morgan fingerprint density at radius 3 is 2.43 bits per heavy atom. The molecule has 3 aromatic carbocycles. The van der Waals surface area contributed by atoms with E-state index in [1.165, 1.54) is 20.3 Å². The summed E-state index contributed by atoms with van der Waals surface area (Å²) in [5.74, 6) is -2.27. The maximum atomic E-state index is 13.6. The molecule has 0 spiro atoms. The first-order valence-electron chi connectivity index (χ1n) is 12.7. The highest BCUT2D eigenvalue weighted by Gasteiger charge is 2.35. The summed E-state index contributed by atoms with van der Waals surface area (Å²) in [7, 11) is 2.66. The van der Waals surface area contributed by atoms with Gasteiger partial charge in [0.05, 0.1) is 53.8 Å². The molecule has 10 nitrogen and oxygen atoms in total. The third-order valence-electron chi connectivity index (χ3n) is 6.41. The Hall–Kier alpha value is -5.21. The number of carbonyl (C=O) groups excluding carboxylic acids is 3. The number of dihydropyridines is 1. The van der Waals surface area contributed by atoms with Crippen molar-refractivity contribution in [1.29, 1.82) is 5.26 Å². The van der Waals surface area contributed by atoms with E-state index in [0.717, 1.165) is 11.8 Å². The maximum absolute atomic E-state index is 13.6. The number of hydrogen-bond donors (Lipinski definition) is 4. The van der Waals surface area contributed by atoms with Crippen LogP contribution in [0.25, 0.3) is 0 Å². The van der Waals surface area contributed by atoms with Crippen LogP contribution in [0.5, 0.6) is 11.5 Å². The van der Waals surface area contributed by atoms with Crippen LogP contribution in [0.15, 0.2) is 94.7 Å². The summed E-state index contributed by atoms with van der Waals surface area (Å²) in [4.78, 5) is 38.6. The molecule has 0 radical (unpaired) electrons. The van der Waals surface area contributed by atoms with Crippen LogP contribution in [0.4, 0.5) is 11.4 Å². The standard InChI is InChI=1S/C31H28N4O6S/c1-18-27(29(38)34-20-9-5-4-6-10-20)28(19-13-14-24(36)25(15-19)40-2)22(16-32)30(33-18)42-17-26(37)35-23-12-8-7-11-21(23)31(39)41-3/h4-15,28,33,36H,17H2,1-3H3,(H,34,38)(H,35,37). The van der Waals surface area contributed by atoms with Crippen LogP contribution in [0, 0.1) is 11.3 Å². The van der Waals surface area contributed by atoms with Gasteiger partial charge < -0.3 is 30.5 Å². The van der Waals surface area contributed by atoms with Crippen LogP contribution in [0.2, 0.25) is 0 Å². The first kappa shape index (κ1) is 29.8. The zero-order valence-corrected chi connectivity index (χ0v) is 23.9. The van der Waals surface area contributed by atoms with Crippen LogP contribution >= 0.6 is 11.8 Å². The number of phenols is 1. The molecule has 42 heavy (non-hydrogen) atoms. The van der Waals surface area contributed by atoms with Crippen LogP contribution in [0.3, 0.4) is 0 Å². The number of anilines is 2. The lowest BCUT2D eigenvalue weighted by Crippen LogP contribution is -2.31. The fraction of sp³-hybridized carbons (Fsp3) is 0.161. The van der Waals surface area contributed by atoms with Gasteiger partial charge in [0.1, 0.15) is 0 Å². The van der Waals surface area contributed by atoms with Gasteiger partial charge in [-0.2, -0.15) is 5.26 Å². The third-order valence-corrected chi connectivity index (χ3v) is 7.43. The van der Waals surface area contributed by atoms with E-state index in [2.05, 4.69) is 22.0 Å². The number of rotatable bonds is 9. The van der Waals surface area contributed by atoms with E-state index in [1.54, 1.807) is 67.6 Å². The number of aromatic hydroxyl groups is 1. The predicted octanol–water partition coefficient (Wildman–Crippen LogP) is 4.89. The summed E-state index contributed by atoms with van der Waals surface area (Å²) >= 11 is 1.08. The number of esters is 1. The number of carbonyl (C=O) groups is 3. The Bertz CT molecular complexity index is 1630. The van der Waals surface area contributed by atoms with Crippen LogP contribution < -0.4 is 20.7 Å². The molecule has 4 N–H and O–H groups in total. The van der Waals surface area contributed by atoms with E-state index in [9.17, 15) is 24.8 Å². The van der Waals surface area contributed by atoms with Gasteiger partial charge in [-0.05, 0) is 48.9 Å². The highest BCUT2D eigenvalue weighted by molar-refractivity contribution is 8.03. The summed E-state index contributed by atoms with van der Waals surface area (Å²) in [5, 5.41) is 29.6. The molecule has 1 unspecified atom stereocenters. The summed E-state index contributed by atoms with van der Waals surface area (Å²) < 4.78 is 10.1. The smallest absolute Gasteiger partial charge is 0.339 e. The molecule has 2 amide bonds. The van der Waals surface area contributed by atoms with Crippen molar-refractivity contribution in [2.75, 3.05) is 30.6 Å². The molecule has 11 heteroatoms. The number of benzene rings is 3. The van der Waals surface area contributed by atoms with Gasteiger partial charge in [-0.25, -0.2) is 4.79 Å². The molecule has 214 valence electrons. The van der Waals surface area contributed by atoms with Crippen molar-refractivity contribution < 1.29 is 29.0 Å². The summed E-state index contributed by atoms with van der Waals surface area (Å²) in [6, 6.07) is 22.2. The second-order valence-corrected chi connectivity index (χ2v) is 10.1. The normalized spacial score (nSPS) is 14.4. The topological polar surface area (TPSA) is 150 Å². The molecule has 3 aromatic rings. The van der Waals surface area contributed by atoms with E-state index in [-0.39, 0.29) is 28.4 Å². The van der Waals surface area contributed by atoms with Gasteiger partial charge in [-0.3, -0.25) is 9.59 Å². The van der Waals surface area contributed by atoms with Gasteiger partial charge in [0.25, 0.3) is 5.91 Å². The molecule has 1 atom stereocenters. The van der Waals surface area contributed by atoms with Crippen LogP contribution in [-0.2, 0) is 14.3 Å². The average Bonchev–Trinajstić information content (AvgIpc) is 3.00. The van der Waals surface area contributed by atoms with Crippen LogP contribution in [0.1, 0.15) is 28.8 Å². The fourth-order valence-corrected chi connectivity index (χ4v) is 5.35. The minimum absolute atomic E-state index is 0.0906. The second kappa shape index (κ2) is 13.4. The number of thioether (sulfide) groups is 1. The number of nitriles is 1. The Morgan fingerprint density at radius 2 is 1.74 bits per heavy atom. The number of allylic oxidation sites excluding steroid dienone is 2. The minimum Gasteiger partial charge on any atom is -0.504 e. The number of phenolic OH excluding ortho intramolecular Hbond substituents is 1. The fourth-order valence-electron chi connectivity index (χ4n) is 4.46. The highest BCUT2D eigenvalue weighted by atomic mass is 32.2. The minimum atomic E-state index is -0.833. The van der Waals surface area contributed by atoms with Gasteiger partial charge in [-0.1, -0.05) is 48.2 Å². The van der Waals surface area contributed by atoms with Crippen molar-refractivity contribution in [3.8, 4) is 17.6 Å². The molecule has 0 aliphatic carbocycles. The quantitative estimate of drug-likeness (QED) is 0.258. The van der Waals surface area contributed by atoms with E-state index in [0.29, 0.717) is 33.2 Å². The molecule has 4 rings (SSSR count). The second-order valence-electron chi connectivity index (χ2n) is 9.08. The van der Waals surface area contributed by atoms with Gasteiger partial charge in [0, 0.05) is 17.0 Å². The lowest BCUT2D eigenvalue weighted by molar-refractivity contribution is -0.114. The Labute approximate surface area is 247 Å². The summed E-state index contributed by atoms with van der Waals surface area (Å²) in [6.07, 6.45) is 0. The largest absolute Gasteiger partial charge is 0.504 e. The monoisotopic (exact) mass is 584 g/mol. The predicted molar refractivity (Wildman–Crippen MR) is 160 cm³/mol. The zero-order valence-electron chi connectivity index (χ0n) is 23.1. The van der Waals surface area contributed by atoms with Crippen molar-refractivity contribution in [3.63, 3.8) is 0 Å². The number of ether oxygens (including phenoxy) is 2. The first-order chi connectivity index (χ1) is 20.3. The van der Waals surface area contributed by atoms with Crippen molar-refractivity contribution in [1.82, 2.24) is 5.32 Å². The van der Waals surface area contributed by atoms with Gasteiger partial charge >= 0.3 is 5.97 Å². The van der Waals surface area contributed by atoms with Crippen molar-refractivity contribution in [2.45, 2.75) is 12.8 Å². The molecule has 0 saturated carbocycles. The van der Waals surface area contributed by atoms with E-state index >= 15 is 0 Å². The Balaban J connectivity index is 1.66. The lowest BCUT2D eigenvalue weighted by atomic mass is 9.82. The zero-order chi connectivity index (χ0) is 30.2. The Morgan fingerprint density at radius 1 is 1.02 bits per heavy atom. The SMILES string of the molecule is COC(=O)c1ccccc1NC(=O)CSC1=C(C#N)C(c2ccc(O)c(OC)c2)C(C(=O)Nc2ccccc2)=C(C)N1. The van der Waals surface area contributed by atoms with E-state index in [1.807, 2.05) is 6.07 Å². The van der Waals surface area contributed by atoms with Gasteiger partial charge in [-0.15, -0.1) is 0 Å². The number of nitrogens with zero attached hydrogens (tertiary/aromatic N) is 1. The molecule has 0 fully saturated rings. The van der Waals surface area contributed by atoms with Crippen molar-refractivity contribution >= 4 is 40.9 Å². The lowest BCUT2D eigenvalue weighted by Gasteiger charge is -2.30. The van der Waals surface area contributed by atoms with Crippen LogP contribution in [-0.4, -0.2) is 42.9 Å². The Kier molecular flexibility index (Phi) is 9.52.